The summed E-state index contributed by atoms with van der Waals surface area (Å²) in [7, 11) is 0. The second-order valence-corrected chi connectivity index (χ2v) is 6.54. The molecule has 1 N–H and O–H groups in total. The summed E-state index contributed by atoms with van der Waals surface area (Å²) in [6.07, 6.45) is 22.4. The molecule has 122 valence electrons. The lowest BCUT2D eigenvalue weighted by atomic mass is 10.0. The van der Waals surface area contributed by atoms with Gasteiger partial charge in [0.05, 0.1) is 0 Å². The van der Waals surface area contributed by atoms with Crippen molar-refractivity contribution in [1.82, 2.24) is 0 Å². The zero-order valence-electron chi connectivity index (χ0n) is 13.7. The molecule has 1 rings (SSSR count). The van der Waals surface area contributed by atoms with Gasteiger partial charge < -0.3 is 5.11 Å². The van der Waals surface area contributed by atoms with Crippen molar-refractivity contribution in [3.8, 4) is 0 Å². The molecule has 0 heterocycles. The molecular weight excluding hydrogens is 260 g/mol. The van der Waals surface area contributed by atoms with Crippen LogP contribution >= 0.6 is 0 Å². The van der Waals surface area contributed by atoms with Gasteiger partial charge in [0.15, 0.2) is 0 Å². The number of hydrogen-bond acceptors (Lipinski definition) is 1. The minimum Gasteiger partial charge on any atom is -0.481 e. The molecule has 0 spiro atoms. The maximum Gasteiger partial charge on any atom is 0.303 e. The Hall–Kier alpha value is -0.790. The lowest BCUT2D eigenvalue weighted by Crippen LogP contribution is -1.93. The molecule has 0 fully saturated rings. The molecule has 0 aromatic rings. The fourth-order valence-corrected chi connectivity index (χ4v) is 3.18. The summed E-state index contributed by atoms with van der Waals surface area (Å²) >= 11 is 0. The number of carboxylic acids is 1. The Balaban J connectivity index is 1.69. The third-order valence-electron chi connectivity index (χ3n) is 4.52. The van der Waals surface area contributed by atoms with E-state index < -0.39 is 5.97 Å². The van der Waals surface area contributed by atoms with Crippen molar-refractivity contribution in [3.05, 3.63) is 11.6 Å². The van der Waals surface area contributed by atoms with Gasteiger partial charge in [0.2, 0.25) is 0 Å². The van der Waals surface area contributed by atoms with Crippen LogP contribution in [0.4, 0.5) is 0 Å². The molecule has 0 atom stereocenters. The fraction of sp³-hybridized carbons (Fsp3) is 0.842. The van der Waals surface area contributed by atoms with Crippen LogP contribution in [0.5, 0.6) is 0 Å². The zero-order valence-corrected chi connectivity index (χ0v) is 13.7. The molecule has 2 nitrogen and oxygen atoms in total. The van der Waals surface area contributed by atoms with E-state index >= 15 is 0 Å². The predicted octanol–water partition coefficient (Wildman–Crippen LogP) is 6.25. The van der Waals surface area contributed by atoms with Crippen molar-refractivity contribution >= 4 is 5.97 Å². The number of unbranched alkanes of at least 4 members (excludes halogenated alkanes) is 10. The molecule has 0 aliphatic heterocycles. The smallest absolute Gasteiger partial charge is 0.303 e. The van der Waals surface area contributed by atoms with E-state index in [1.54, 1.807) is 5.57 Å². The number of carbonyl (C=O) groups is 1. The summed E-state index contributed by atoms with van der Waals surface area (Å²) in [6.45, 7) is 0. The van der Waals surface area contributed by atoms with Gasteiger partial charge in [0, 0.05) is 6.42 Å². The van der Waals surface area contributed by atoms with E-state index in [0.29, 0.717) is 6.42 Å². The van der Waals surface area contributed by atoms with Crippen molar-refractivity contribution in [1.29, 1.82) is 0 Å². The van der Waals surface area contributed by atoms with Crippen LogP contribution in [-0.4, -0.2) is 11.1 Å². The number of hydrogen-bond donors (Lipinski definition) is 1. The summed E-state index contributed by atoms with van der Waals surface area (Å²) in [5, 5.41) is 8.53. The van der Waals surface area contributed by atoms with Crippen molar-refractivity contribution in [2.24, 2.45) is 0 Å². The zero-order chi connectivity index (χ0) is 15.2. The Morgan fingerprint density at radius 1 is 0.857 bits per heavy atom. The first-order valence-corrected chi connectivity index (χ1v) is 9.19. The molecule has 1 aliphatic rings. The molecule has 0 unspecified atom stereocenters. The highest BCUT2D eigenvalue weighted by Crippen LogP contribution is 2.23. The van der Waals surface area contributed by atoms with Crippen molar-refractivity contribution in [2.75, 3.05) is 0 Å². The highest BCUT2D eigenvalue weighted by Gasteiger charge is 2.03. The highest BCUT2D eigenvalue weighted by atomic mass is 16.4. The minimum atomic E-state index is -0.653. The molecule has 21 heavy (non-hydrogen) atoms. The molecule has 0 aromatic heterocycles. The van der Waals surface area contributed by atoms with E-state index in [0.717, 1.165) is 12.8 Å². The molecule has 0 bridgehead atoms. The number of allylic oxidation sites excluding steroid dienone is 2. The van der Waals surface area contributed by atoms with Gasteiger partial charge in [0.1, 0.15) is 0 Å². The van der Waals surface area contributed by atoms with E-state index in [4.69, 9.17) is 5.11 Å². The Morgan fingerprint density at radius 2 is 1.38 bits per heavy atom. The molecule has 0 amide bonds. The average molecular weight is 294 g/mol. The molecule has 0 radical (unpaired) electrons. The van der Waals surface area contributed by atoms with Crippen molar-refractivity contribution in [2.45, 2.75) is 103 Å². The molecule has 0 saturated heterocycles. The van der Waals surface area contributed by atoms with Gasteiger partial charge in [-0.05, 0) is 38.5 Å². The fourth-order valence-electron chi connectivity index (χ4n) is 3.18. The van der Waals surface area contributed by atoms with Crippen molar-refractivity contribution in [3.63, 3.8) is 0 Å². The van der Waals surface area contributed by atoms with Crippen LogP contribution in [0.25, 0.3) is 0 Å². The van der Waals surface area contributed by atoms with Crippen LogP contribution in [0, 0.1) is 0 Å². The molecule has 0 saturated carbocycles. The molecule has 0 aromatic carbocycles. The van der Waals surface area contributed by atoms with E-state index in [1.165, 1.54) is 83.5 Å². The van der Waals surface area contributed by atoms with Gasteiger partial charge in [-0.1, -0.05) is 69.4 Å². The van der Waals surface area contributed by atoms with Crippen LogP contribution in [-0.2, 0) is 4.79 Å². The lowest BCUT2D eigenvalue weighted by molar-refractivity contribution is -0.137. The van der Waals surface area contributed by atoms with Gasteiger partial charge in [-0.2, -0.15) is 0 Å². The Morgan fingerprint density at radius 3 is 1.86 bits per heavy atom. The van der Waals surface area contributed by atoms with Crippen molar-refractivity contribution < 1.29 is 9.90 Å². The number of aliphatic carboxylic acids is 1. The quantitative estimate of drug-likeness (QED) is 0.303. The van der Waals surface area contributed by atoms with E-state index in [2.05, 4.69) is 6.08 Å². The summed E-state index contributed by atoms with van der Waals surface area (Å²) in [6, 6.07) is 0. The summed E-state index contributed by atoms with van der Waals surface area (Å²) in [4.78, 5) is 10.4. The van der Waals surface area contributed by atoms with E-state index in [1.807, 2.05) is 0 Å². The lowest BCUT2D eigenvalue weighted by Gasteiger charge is -2.03. The summed E-state index contributed by atoms with van der Waals surface area (Å²) < 4.78 is 0. The van der Waals surface area contributed by atoms with Gasteiger partial charge in [-0.15, -0.1) is 0 Å². The van der Waals surface area contributed by atoms with E-state index in [9.17, 15) is 4.79 Å². The van der Waals surface area contributed by atoms with Crippen LogP contribution in [0.1, 0.15) is 103 Å². The first kappa shape index (κ1) is 18.3. The monoisotopic (exact) mass is 294 g/mol. The maximum atomic E-state index is 10.4. The maximum absolute atomic E-state index is 10.4. The van der Waals surface area contributed by atoms with Crippen LogP contribution in [0.2, 0.25) is 0 Å². The second kappa shape index (κ2) is 12.9. The number of carboxylic acid groups (broad SMARTS) is 1. The Kier molecular flexibility index (Phi) is 11.2. The van der Waals surface area contributed by atoms with Crippen LogP contribution in [0.15, 0.2) is 11.6 Å². The van der Waals surface area contributed by atoms with Gasteiger partial charge in [-0.25, -0.2) is 0 Å². The minimum absolute atomic E-state index is 0.344. The molecular formula is C19H34O2. The topological polar surface area (TPSA) is 37.3 Å². The Labute approximate surface area is 131 Å². The Bertz CT molecular complexity index is 294. The summed E-state index contributed by atoms with van der Waals surface area (Å²) in [5.41, 5.74) is 1.72. The van der Waals surface area contributed by atoms with Crippen LogP contribution in [0.3, 0.4) is 0 Å². The van der Waals surface area contributed by atoms with Gasteiger partial charge in [-0.3, -0.25) is 4.79 Å². The first-order chi connectivity index (χ1) is 10.3. The third-order valence-corrected chi connectivity index (χ3v) is 4.52. The van der Waals surface area contributed by atoms with Gasteiger partial charge in [0.25, 0.3) is 0 Å². The largest absolute Gasteiger partial charge is 0.481 e. The first-order valence-electron chi connectivity index (χ1n) is 9.19. The molecule has 2 heteroatoms. The molecule has 1 aliphatic carbocycles. The second-order valence-electron chi connectivity index (χ2n) is 6.54. The van der Waals surface area contributed by atoms with E-state index in [-0.39, 0.29) is 0 Å². The summed E-state index contributed by atoms with van der Waals surface area (Å²) in [5.74, 6) is -0.653. The standard InChI is InChI=1S/C19H34O2/c20-19(21)17-11-9-7-5-3-1-2-4-6-8-10-14-18-15-12-13-16-18/h15H,1-14,16-17H2,(H,20,21). The SMILES string of the molecule is O=C(O)CCCCCCCCCCCCCC1=CCCC1. The normalized spacial score (nSPS) is 14.4. The highest BCUT2D eigenvalue weighted by molar-refractivity contribution is 5.66. The number of rotatable bonds is 14. The van der Waals surface area contributed by atoms with Gasteiger partial charge >= 0.3 is 5.97 Å². The van der Waals surface area contributed by atoms with Crippen LogP contribution < -0.4 is 0 Å². The predicted molar refractivity (Wildman–Crippen MR) is 89.6 cm³/mol. The third kappa shape index (κ3) is 11.5. The average Bonchev–Trinajstić information content (AvgIpc) is 2.97.